The molecule has 0 aromatic heterocycles. The van der Waals surface area contributed by atoms with Gasteiger partial charge in [0.05, 0.1) is 6.04 Å². The summed E-state index contributed by atoms with van der Waals surface area (Å²) < 4.78 is 0. The Morgan fingerprint density at radius 1 is 1.53 bits per heavy atom. The zero-order valence-corrected chi connectivity index (χ0v) is 9.57. The Bertz CT molecular complexity index is 188. The molecule has 0 radical (unpaired) electrons. The highest BCUT2D eigenvalue weighted by molar-refractivity contribution is 5.79. The second kappa shape index (κ2) is 7.62. The molecule has 0 aromatic carbocycles. The van der Waals surface area contributed by atoms with E-state index >= 15 is 0 Å². The van der Waals surface area contributed by atoms with Crippen LogP contribution in [0.25, 0.3) is 0 Å². The molecule has 0 bridgehead atoms. The van der Waals surface area contributed by atoms with Gasteiger partial charge in [0, 0.05) is 0 Å². The van der Waals surface area contributed by atoms with Gasteiger partial charge >= 0.3 is 0 Å². The quantitative estimate of drug-likeness (QED) is 0.413. The fourth-order valence-electron chi connectivity index (χ4n) is 1.44. The molecule has 0 aliphatic heterocycles. The van der Waals surface area contributed by atoms with Crippen molar-refractivity contribution in [2.75, 3.05) is 6.54 Å². The van der Waals surface area contributed by atoms with Crippen molar-refractivity contribution in [3.8, 4) is 0 Å². The lowest BCUT2D eigenvalue weighted by molar-refractivity contribution is -0.120. The lowest BCUT2D eigenvalue weighted by atomic mass is 9.98. The van der Waals surface area contributed by atoms with Crippen LogP contribution in [-0.4, -0.2) is 29.8 Å². The van der Waals surface area contributed by atoms with Gasteiger partial charge in [0.1, 0.15) is 6.23 Å². The van der Waals surface area contributed by atoms with Crippen LogP contribution in [-0.2, 0) is 4.79 Å². The third kappa shape index (κ3) is 5.71. The predicted octanol–water partition coefficient (Wildman–Crippen LogP) is -0.467. The highest BCUT2D eigenvalue weighted by atomic mass is 16.3. The molecule has 0 spiro atoms. The smallest absolute Gasteiger partial charge is 0.234 e. The topological polar surface area (TPSA) is 101 Å². The fraction of sp³-hybridized carbons (Fsp3) is 0.900. The molecular formula is C10H23N3O2. The Labute approximate surface area is 91.2 Å². The van der Waals surface area contributed by atoms with E-state index in [1.165, 1.54) is 0 Å². The number of hydrogen-bond acceptors (Lipinski definition) is 4. The largest absolute Gasteiger partial charge is 0.378 e. The van der Waals surface area contributed by atoms with Crippen molar-refractivity contribution in [3.63, 3.8) is 0 Å². The van der Waals surface area contributed by atoms with Gasteiger partial charge in [-0.3, -0.25) is 10.1 Å². The van der Waals surface area contributed by atoms with Crippen LogP contribution in [0.3, 0.4) is 0 Å². The zero-order valence-electron chi connectivity index (χ0n) is 9.57. The number of rotatable bonds is 8. The van der Waals surface area contributed by atoms with E-state index in [4.69, 9.17) is 11.5 Å². The van der Waals surface area contributed by atoms with Crippen molar-refractivity contribution in [2.45, 2.75) is 45.4 Å². The summed E-state index contributed by atoms with van der Waals surface area (Å²) in [7, 11) is 0. The highest BCUT2D eigenvalue weighted by Crippen LogP contribution is 2.14. The monoisotopic (exact) mass is 217 g/mol. The summed E-state index contributed by atoms with van der Waals surface area (Å²) in [5.74, 6) is -0.335. The average Bonchev–Trinajstić information content (AvgIpc) is 2.18. The number of primary amides is 1. The van der Waals surface area contributed by atoms with Crippen LogP contribution < -0.4 is 16.8 Å². The normalized spacial score (nSPS) is 17.1. The van der Waals surface area contributed by atoms with Crippen LogP contribution in [0, 0.1) is 5.92 Å². The molecule has 0 rings (SSSR count). The summed E-state index contributed by atoms with van der Waals surface area (Å²) in [5, 5.41) is 12.6. The fourth-order valence-corrected chi connectivity index (χ4v) is 1.44. The van der Waals surface area contributed by atoms with Crippen molar-refractivity contribution < 1.29 is 9.90 Å². The third-order valence-electron chi connectivity index (χ3n) is 2.60. The second-order valence-electron chi connectivity index (χ2n) is 3.83. The number of aliphatic hydroxyl groups excluding tert-OH is 1. The summed E-state index contributed by atoms with van der Waals surface area (Å²) in [6, 6.07) is -0.507. The Balaban J connectivity index is 4.02. The Morgan fingerprint density at radius 2 is 2.13 bits per heavy atom. The summed E-state index contributed by atoms with van der Waals surface area (Å²) in [4.78, 5) is 10.8. The molecule has 0 saturated heterocycles. The third-order valence-corrected chi connectivity index (χ3v) is 2.60. The first-order chi connectivity index (χ1) is 7.02. The van der Waals surface area contributed by atoms with Crippen LogP contribution in [0.5, 0.6) is 0 Å². The predicted molar refractivity (Wildman–Crippen MR) is 59.9 cm³/mol. The molecule has 5 nitrogen and oxygen atoms in total. The average molecular weight is 217 g/mol. The van der Waals surface area contributed by atoms with Gasteiger partial charge in [-0.05, 0) is 38.6 Å². The van der Waals surface area contributed by atoms with E-state index < -0.39 is 18.2 Å². The number of amides is 1. The number of aliphatic hydroxyl groups is 1. The molecule has 0 aliphatic carbocycles. The molecule has 3 atom stereocenters. The van der Waals surface area contributed by atoms with Crippen LogP contribution in [0.4, 0.5) is 0 Å². The standard InChI is InChI=1S/C10H23N3O2/c1-3-8(5-4-6-11)10(15)13-7(2)9(12)14/h7-8,10,13,15H,3-6,11H2,1-2H3,(H2,12,14). The molecule has 0 aromatic rings. The number of nitrogens with one attached hydrogen (secondary N) is 1. The van der Waals surface area contributed by atoms with Gasteiger partial charge in [-0.25, -0.2) is 0 Å². The lowest BCUT2D eigenvalue weighted by Crippen LogP contribution is -2.47. The SMILES string of the molecule is CCC(CCCN)C(O)NC(C)C(N)=O. The van der Waals surface area contributed by atoms with E-state index in [0.29, 0.717) is 6.54 Å². The van der Waals surface area contributed by atoms with E-state index in [2.05, 4.69) is 5.32 Å². The van der Waals surface area contributed by atoms with Gasteiger partial charge in [-0.2, -0.15) is 0 Å². The van der Waals surface area contributed by atoms with Gasteiger partial charge in [0.15, 0.2) is 0 Å². The van der Waals surface area contributed by atoms with Crippen molar-refractivity contribution in [3.05, 3.63) is 0 Å². The van der Waals surface area contributed by atoms with Gasteiger partial charge in [-0.1, -0.05) is 6.92 Å². The number of nitrogens with two attached hydrogens (primary N) is 2. The van der Waals surface area contributed by atoms with Gasteiger partial charge < -0.3 is 16.6 Å². The van der Waals surface area contributed by atoms with Crippen molar-refractivity contribution in [1.29, 1.82) is 0 Å². The maximum atomic E-state index is 10.8. The number of carbonyl (C=O) groups excluding carboxylic acids is 1. The van der Waals surface area contributed by atoms with Crippen molar-refractivity contribution >= 4 is 5.91 Å². The van der Waals surface area contributed by atoms with Crippen LogP contribution in [0.1, 0.15) is 33.1 Å². The molecule has 0 fully saturated rings. The minimum absolute atomic E-state index is 0.121. The van der Waals surface area contributed by atoms with Gasteiger partial charge in [0.25, 0.3) is 0 Å². The molecule has 6 N–H and O–H groups in total. The molecule has 0 heterocycles. The minimum atomic E-state index is -0.691. The van der Waals surface area contributed by atoms with Gasteiger partial charge in [0.2, 0.25) is 5.91 Å². The van der Waals surface area contributed by atoms with Crippen LogP contribution in [0.2, 0.25) is 0 Å². The summed E-state index contributed by atoms with van der Waals surface area (Å²) >= 11 is 0. The van der Waals surface area contributed by atoms with Crippen LogP contribution in [0.15, 0.2) is 0 Å². The van der Waals surface area contributed by atoms with E-state index in [1.54, 1.807) is 6.92 Å². The molecule has 3 unspecified atom stereocenters. The second-order valence-corrected chi connectivity index (χ2v) is 3.83. The minimum Gasteiger partial charge on any atom is -0.378 e. The molecule has 90 valence electrons. The molecule has 0 saturated carbocycles. The van der Waals surface area contributed by atoms with E-state index in [0.717, 1.165) is 19.3 Å². The maximum absolute atomic E-state index is 10.8. The van der Waals surface area contributed by atoms with Crippen LogP contribution >= 0.6 is 0 Å². The van der Waals surface area contributed by atoms with E-state index in [1.807, 2.05) is 6.92 Å². The molecule has 5 heteroatoms. The summed E-state index contributed by atoms with van der Waals surface area (Å²) in [6.07, 6.45) is 1.89. The maximum Gasteiger partial charge on any atom is 0.234 e. The molecular weight excluding hydrogens is 194 g/mol. The first-order valence-corrected chi connectivity index (χ1v) is 5.46. The van der Waals surface area contributed by atoms with Crippen molar-refractivity contribution in [2.24, 2.45) is 17.4 Å². The summed E-state index contributed by atoms with van der Waals surface area (Å²) in [5.41, 5.74) is 10.5. The first-order valence-electron chi connectivity index (χ1n) is 5.46. The zero-order chi connectivity index (χ0) is 11.8. The van der Waals surface area contributed by atoms with E-state index in [-0.39, 0.29) is 5.92 Å². The first kappa shape index (κ1) is 14.3. The Morgan fingerprint density at radius 3 is 2.53 bits per heavy atom. The Kier molecular flexibility index (Phi) is 7.29. The molecule has 1 amide bonds. The molecule has 0 aliphatic rings. The highest BCUT2D eigenvalue weighted by Gasteiger charge is 2.20. The van der Waals surface area contributed by atoms with E-state index in [9.17, 15) is 9.90 Å². The number of carbonyl (C=O) groups is 1. The van der Waals surface area contributed by atoms with Crippen molar-refractivity contribution in [1.82, 2.24) is 5.32 Å². The molecule has 15 heavy (non-hydrogen) atoms. The summed E-state index contributed by atoms with van der Waals surface area (Å²) in [6.45, 7) is 4.26. The number of hydrogen-bond donors (Lipinski definition) is 4. The van der Waals surface area contributed by atoms with Gasteiger partial charge in [-0.15, -0.1) is 0 Å². The Hall–Kier alpha value is -0.650. The lowest BCUT2D eigenvalue weighted by Gasteiger charge is -2.24.